The van der Waals surface area contributed by atoms with Gasteiger partial charge in [-0.3, -0.25) is 9.59 Å². The highest BCUT2D eigenvalue weighted by Crippen LogP contribution is 2.29. The van der Waals surface area contributed by atoms with Crippen molar-refractivity contribution in [2.75, 3.05) is 5.32 Å². The van der Waals surface area contributed by atoms with Crippen LogP contribution in [0.1, 0.15) is 32.0 Å². The molecule has 0 aliphatic carbocycles. The Labute approximate surface area is 172 Å². The first-order chi connectivity index (χ1) is 14.5. The lowest BCUT2D eigenvalue weighted by Crippen LogP contribution is -2.25. The van der Waals surface area contributed by atoms with Crippen molar-refractivity contribution in [1.82, 2.24) is 10.3 Å². The highest BCUT2D eigenvalue weighted by atomic mass is 19.1. The molecule has 150 valence electrons. The molecule has 1 aromatic heterocycles. The van der Waals surface area contributed by atoms with Gasteiger partial charge in [-0.25, -0.2) is 4.39 Å². The van der Waals surface area contributed by atoms with E-state index in [2.05, 4.69) is 15.6 Å². The van der Waals surface area contributed by atoms with Crippen molar-refractivity contribution in [3.8, 4) is 0 Å². The number of anilines is 1. The molecular weight excluding hydrogens is 381 g/mol. The fourth-order valence-electron chi connectivity index (χ4n) is 3.22. The van der Waals surface area contributed by atoms with Gasteiger partial charge in [-0.1, -0.05) is 48.0 Å². The number of rotatable bonds is 5. The molecule has 0 bridgehead atoms. The maximum atomic E-state index is 13.9. The van der Waals surface area contributed by atoms with Crippen LogP contribution in [0, 0.1) is 12.7 Å². The van der Waals surface area contributed by atoms with E-state index in [1.165, 1.54) is 12.1 Å². The molecule has 4 aromatic rings. The summed E-state index contributed by atoms with van der Waals surface area (Å²) < 4.78 is 13.9. The second-order valence-electron chi connectivity index (χ2n) is 7.05. The summed E-state index contributed by atoms with van der Waals surface area (Å²) in [6.07, 6.45) is 0. The molecular formula is C24H20FN3O2. The number of carbonyl (C=O) groups excluding carboxylic acids is 2. The van der Waals surface area contributed by atoms with E-state index < -0.39 is 11.7 Å². The second kappa shape index (κ2) is 8.21. The Kier molecular flexibility index (Phi) is 5.30. The smallest absolute Gasteiger partial charge is 0.270 e. The number of aryl methyl sites for hydroxylation is 1. The zero-order valence-electron chi connectivity index (χ0n) is 16.3. The topological polar surface area (TPSA) is 74.0 Å². The standard InChI is InChI=1S/C24H20FN3O2/c1-15-7-9-16(10-8-15)14-26-24(30)22-21(19-13-18(25)11-12-20(19)27-22)28-23(29)17-5-3-2-4-6-17/h2-13,27H,14H2,1H3,(H,26,30)(H,28,29). The fourth-order valence-corrected chi connectivity index (χ4v) is 3.22. The minimum Gasteiger partial charge on any atom is -0.349 e. The van der Waals surface area contributed by atoms with E-state index in [0.717, 1.165) is 11.1 Å². The van der Waals surface area contributed by atoms with Crippen molar-refractivity contribution in [1.29, 1.82) is 0 Å². The molecule has 0 unspecified atom stereocenters. The van der Waals surface area contributed by atoms with Crippen molar-refractivity contribution < 1.29 is 14.0 Å². The van der Waals surface area contributed by atoms with Crippen molar-refractivity contribution in [2.45, 2.75) is 13.5 Å². The van der Waals surface area contributed by atoms with Crippen LogP contribution in [-0.4, -0.2) is 16.8 Å². The summed E-state index contributed by atoms with van der Waals surface area (Å²) >= 11 is 0. The Balaban J connectivity index is 1.64. The lowest BCUT2D eigenvalue weighted by atomic mass is 10.1. The Morgan fingerprint density at radius 3 is 2.40 bits per heavy atom. The first kappa shape index (κ1) is 19.4. The lowest BCUT2D eigenvalue weighted by Gasteiger charge is -2.09. The molecule has 4 rings (SSSR count). The van der Waals surface area contributed by atoms with Crippen LogP contribution in [0.2, 0.25) is 0 Å². The van der Waals surface area contributed by atoms with Crippen LogP contribution in [-0.2, 0) is 6.54 Å². The van der Waals surface area contributed by atoms with Crippen molar-refractivity contribution in [3.63, 3.8) is 0 Å². The summed E-state index contributed by atoms with van der Waals surface area (Å²) in [5.74, 6) is -1.23. The number of benzene rings is 3. The fraction of sp³-hybridized carbons (Fsp3) is 0.0833. The van der Waals surface area contributed by atoms with E-state index in [4.69, 9.17) is 0 Å². The third-order valence-corrected chi connectivity index (χ3v) is 4.84. The third-order valence-electron chi connectivity index (χ3n) is 4.84. The highest BCUT2D eigenvalue weighted by Gasteiger charge is 2.20. The molecule has 2 amide bonds. The molecule has 0 aliphatic rings. The van der Waals surface area contributed by atoms with E-state index in [1.807, 2.05) is 37.3 Å². The second-order valence-corrected chi connectivity index (χ2v) is 7.05. The van der Waals surface area contributed by atoms with Gasteiger partial charge in [-0.15, -0.1) is 0 Å². The molecule has 0 fully saturated rings. The molecule has 3 aromatic carbocycles. The van der Waals surface area contributed by atoms with Gasteiger partial charge in [-0.2, -0.15) is 0 Å². The Morgan fingerprint density at radius 2 is 1.67 bits per heavy atom. The molecule has 0 saturated carbocycles. The number of aromatic amines is 1. The monoisotopic (exact) mass is 401 g/mol. The van der Waals surface area contributed by atoms with E-state index in [1.54, 1.807) is 30.3 Å². The molecule has 30 heavy (non-hydrogen) atoms. The minimum absolute atomic E-state index is 0.173. The van der Waals surface area contributed by atoms with Crippen molar-refractivity contribution >= 4 is 28.4 Å². The molecule has 1 heterocycles. The summed E-state index contributed by atoms with van der Waals surface area (Å²) in [4.78, 5) is 28.6. The predicted octanol–water partition coefficient (Wildman–Crippen LogP) is 4.80. The van der Waals surface area contributed by atoms with Crippen LogP contribution in [0.3, 0.4) is 0 Å². The van der Waals surface area contributed by atoms with Crippen LogP contribution in [0.5, 0.6) is 0 Å². The van der Waals surface area contributed by atoms with Gasteiger partial charge in [0.05, 0.1) is 5.69 Å². The van der Waals surface area contributed by atoms with Crippen molar-refractivity contribution in [3.05, 3.63) is 101 Å². The summed E-state index contributed by atoms with van der Waals surface area (Å²) in [5.41, 5.74) is 3.50. The Morgan fingerprint density at radius 1 is 0.933 bits per heavy atom. The van der Waals surface area contributed by atoms with Gasteiger partial charge >= 0.3 is 0 Å². The number of hydrogen-bond donors (Lipinski definition) is 3. The van der Waals surface area contributed by atoms with Gasteiger partial charge < -0.3 is 15.6 Å². The molecule has 0 atom stereocenters. The third kappa shape index (κ3) is 4.07. The number of H-pyrrole nitrogens is 1. The summed E-state index contributed by atoms with van der Waals surface area (Å²) in [5, 5.41) is 6.04. The molecule has 0 radical (unpaired) electrons. The van der Waals surface area contributed by atoms with Gasteiger partial charge in [-0.05, 0) is 42.8 Å². The first-order valence-corrected chi connectivity index (χ1v) is 9.52. The molecule has 0 aliphatic heterocycles. The summed E-state index contributed by atoms with van der Waals surface area (Å²) in [6.45, 7) is 2.32. The van der Waals surface area contributed by atoms with Crippen LogP contribution in [0.25, 0.3) is 10.9 Å². The number of carbonyl (C=O) groups is 2. The zero-order valence-corrected chi connectivity index (χ0v) is 16.3. The molecule has 0 saturated heterocycles. The largest absolute Gasteiger partial charge is 0.349 e. The van der Waals surface area contributed by atoms with Crippen LogP contribution >= 0.6 is 0 Å². The highest BCUT2D eigenvalue weighted by molar-refractivity contribution is 6.15. The average Bonchev–Trinajstić information content (AvgIpc) is 3.11. The van der Waals surface area contributed by atoms with Crippen LogP contribution < -0.4 is 10.6 Å². The number of hydrogen-bond acceptors (Lipinski definition) is 2. The molecule has 3 N–H and O–H groups in total. The Hall–Kier alpha value is -3.93. The van der Waals surface area contributed by atoms with Gasteiger partial charge in [0.25, 0.3) is 11.8 Å². The number of nitrogens with one attached hydrogen (secondary N) is 3. The van der Waals surface area contributed by atoms with Crippen LogP contribution in [0.15, 0.2) is 72.8 Å². The van der Waals surface area contributed by atoms with Gasteiger partial charge in [0.1, 0.15) is 11.5 Å². The summed E-state index contributed by atoms with van der Waals surface area (Å²) in [6, 6.07) is 20.6. The molecule has 5 nitrogen and oxygen atoms in total. The molecule has 0 spiro atoms. The Bertz CT molecular complexity index is 1210. The lowest BCUT2D eigenvalue weighted by molar-refractivity contribution is 0.0947. The van der Waals surface area contributed by atoms with E-state index >= 15 is 0 Å². The maximum absolute atomic E-state index is 13.9. The quantitative estimate of drug-likeness (QED) is 0.449. The number of halogens is 1. The normalized spacial score (nSPS) is 10.7. The maximum Gasteiger partial charge on any atom is 0.270 e. The zero-order chi connectivity index (χ0) is 21.1. The average molecular weight is 401 g/mol. The van der Waals surface area contributed by atoms with E-state index in [-0.39, 0.29) is 17.3 Å². The first-order valence-electron chi connectivity index (χ1n) is 9.52. The van der Waals surface area contributed by atoms with E-state index in [9.17, 15) is 14.0 Å². The molecule has 6 heteroatoms. The number of amides is 2. The van der Waals surface area contributed by atoms with Gasteiger partial charge in [0.2, 0.25) is 0 Å². The van der Waals surface area contributed by atoms with Gasteiger partial charge in [0.15, 0.2) is 0 Å². The predicted molar refractivity (Wildman–Crippen MR) is 115 cm³/mol. The van der Waals surface area contributed by atoms with E-state index in [0.29, 0.717) is 23.0 Å². The summed E-state index contributed by atoms with van der Waals surface area (Å²) in [7, 11) is 0. The van der Waals surface area contributed by atoms with Gasteiger partial charge in [0, 0.05) is 23.0 Å². The number of fused-ring (bicyclic) bond motifs is 1. The SMILES string of the molecule is Cc1ccc(CNC(=O)c2[nH]c3ccc(F)cc3c2NC(=O)c2ccccc2)cc1. The minimum atomic E-state index is -0.455. The number of aromatic nitrogens is 1. The van der Waals surface area contributed by atoms with Crippen LogP contribution in [0.4, 0.5) is 10.1 Å². The van der Waals surface area contributed by atoms with Crippen molar-refractivity contribution in [2.24, 2.45) is 0 Å².